The Morgan fingerprint density at radius 1 is 1.35 bits per heavy atom. The number of pyridine rings is 1. The van der Waals surface area contributed by atoms with Crippen LogP contribution in [-0.4, -0.2) is 38.0 Å². The number of piperidine rings is 1. The number of amides is 2. The van der Waals surface area contributed by atoms with Gasteiger partial charge in [0.15, 0.2) is 0 Å². The zero-order valence-corrected chi connectivity index (χ0v) is 15.3. The molecule has 26 heavy (non-hydrogen) atoms. The second kappa shape index (κ2) is 7.15. The number of aromatic nitrogens is 3. The normalized spacial score (nSPS) is 20.0. The Morgan fingerprint density at radius 2 is 2.12 bits per heavy atom. The molecule has 0 unspecified atom stereocenters. The Kier molecular flexibility index (Phi) is 4.92. The highest BCUT2D eigenvalue weighted by atomic mass is 16.2. The molecule has 2 amide bonds. The molecule has 0 radical (unpaired) electrons. The van der Waals surface area contributed by atoms with Gasteiger partial charge in [-0.15, -0.1) is 0 Å². The molecule has 0 aromatic carbocycles. The standard InChI is InChI=1S/C18H24N6O2/c1-11-4-5-15(14-6-7-21-23(14)3)24(10-11)18(26)17(25)22-13-8-12(2)16(19)20-9-13/h6-9,11,15H,4-5,10H2,1-3H3,(H2,19,20)(H,22,25)/t11-,15-/m0/s1. The first-order valence-corrected chi connectivity index (χ1v) is 8.68. The molecule has 0 aliphatic carbocycles. The molecule has 1 fully saturated rings. The maximum atomic E-state index is 12.9. The quantitative estimate of drug-likeness (QED) is 0.796. The Balaban J connectivity index is 1.79. The number of hydrogen-bond donors (Lipinski definition) is 2. The van der Waals surface area contributed by atoms with Crippen molar-refractivity contribution >= 4 is 23.3 Å². The molecular weight excluding hydrogens is 332 g/mol. The van der Waals surface area contributed by atoms with Crippen molar-refractivity contribution in [1.29, 1.82) is 0 Å². The molecule has 2 aromatic heterocycles. The third-order valence-electron chi connectivity index (χ3n) is 4.85. The van der Waals surface area contributed by atoms with E-state index in [-0.39, 0.29) is 6.04 Å². The van der Waals surface area contributed by atoms with E-state index in [0.717, 1.165) is 24.1 Å². The summed E-state index contributed by atoms with van der Waals surface area (Å²) in [6.45, 7) is 4.43. The summed E-state index contributed by atoms with van der Waals surface area (Å²) in [5.41, 5.74) is 7.82. The average Bonchev–Trinajstić information content (AvgIpc) is 3.03. The van der Waals surface area contributed by atoms with Crippen LogP contribution >= 0.6 is 0 Å². The topological polar surface area (TPSA) is 106 Å². The second-order valence-electron chi connectivity index (χ2n) is 6.92. The second-order valence-corrected chi connectivity index (χ2v) is 6.92. The summed E-state index contributed by atoms with van der Waals surface area (Å²) in [6, 6.07) is 3.44. The molecule has 2 atom stereocenters. The van der Waals surface area contributed by atoms with Gasteiger partial charge in [-0.25, -0.2) is 4.98 Å². The molecule has 138 valence electrons. The van der Waals surface area contributed by atoms with Gasteiger partial charge in [0.2, 0.25) is 0 Å². The van der Waals surface area contributed by atoms with Gasteiger partial charge in [0.05, 0.1) is 23.6 Å². The third-order valence-corrected chi connectivity index (χ3v) is 4.85. The summed E-state index contributed by atoms with van der Waals surface area (Å²) < 4.78 is 1.76. The number of hydrogen-bond acceptors (Lipinski definition) is 5. The first-order chi connectivity index (χ1) is 12.4. The predicted octanol–water partition coefficient (Wildman–Crippen LogP) is 1.64. The lowest BCUT2D eigenvalue weighted by molar-refractivity contribution is -0.146. The van der Waals surface area contributed by atoms with Crippen LogP contribution in [0.1, 0.15) is 37.1 Å². The molecule has 8 heteroatoms. The Bertz CT molecular complexity index is 831. The summed E-state index contributed by atoms with van der Waals surface area (Å²) >= 11 is 0. The fourth-order valence-corrected chi connectivity index (χ4v) is 3.36. The van der Waals surface area contributed by atoms with Crippen molar-refractivity contribution in [3.05, 3.63) is 35.8 Å². The highest BCUT2D eigenvalue weighted by molar-refractivity contribution is 6.39. The number of anilines is 2. The number of carbonyl (C=O) groups is 2. The zero-order chi connectivity index (χ0) is 18.8. The first-order valence-electron chi connectivity index (χ1n) is 8.68. The predicted molar refractivity (Wildman–Crippen MR) is 98.1 cm³/mol. The van der Waals surface area contributed by atoms with E-state index in [1.165, 1.54) is 6.20 Å². The van der Waals surface area contributed by atoms with Gasteiger partial charge in [0, 0.05) is 19.8 Å². The van der Waals surface area contributed by atoms with E-state index >= 15 is 0 Å². The molecule has 1 saturated heterocycles. The summed E-state index contributed by atoms with van der Waals surface area (Å²) in [6.07, 6.45) is 4.97. The van der Waals surface area contributed by atoms with Crippen molar-refractivity contribution in [3.8, 4) is 0 Å². The van der Waals surface area contributed by atoms with Crippen LogP contribution < -0.4 is 11.1 Å². The molecule has 0 saturated carbocycles. The summed E-state index contributed by atoms with van der Waals surface area (Å²) in [5.74, 6) is -0.471. The summed E-state index contributed by atoms with van der Waals surface area (Å²) in [4.78, 5) is 31.0. The SMILES string of the molecule is Cc1cc(NC(=O)C(=O)N2C[C@@H](C)CC[C@H]2c2ccnn2C)cnc1N. The van der Waals surface area contributed by atoms with Crippen LogP contribution in [-0.2, 0) is 16.6 Å². The Morgan fingerprint density at radius 3 is 2.77 bits per heavy atom. The van der Waals surface area contributed by atoms with E-state index in [1.54, 1.807) is 28.8 Å². The molecule has 3 N–H and O–H groups in total. The summed E-state index contributed by atoms with van der Waals surface area (Å²) in [5, 5.41) is 6.82. The number of nitrogens with zero attached hydrogens (tertiary/aromatic N) is 4. The molecule has 2 aromatic rings. The highest BCUT2D eigenvalue weighted by Crippen LogP contribution is 2.33. The van der Waals surface area contributed by atoms with Crippen LogP contribution in [0.4, 0.5) is 11.5 Å². The van der Waals surface area contributed by atoms with Gasteiger partial charge in [0.1, 0.15) is 5.82 Å². The molecule has 3 rings (SSSR count). The number of likely N-dealkylation sites (tertiary alicyclic amines) is 1. The highest BCUT2D eigenvalue weighted by Gasteiger charge is 2.35. The van der Waals surface area contributed by atoms with Crippen molar-refractivity contribution < 1.29 is 9.59 Å². The largest absolute Gasteiger partial charge is 0.383 e. The fraction of sp³-hybridized carbons (Fsp3) is 0.444. The molecule has 0 bridgehead atoms. The van der Waals surface area contributed by atoms with E-state index in [4.69, 9.17) is 5.73 Å². The lowest BCUT2D eigenvalue weighted by Crippen LogP contribution is -2.47. The van der Waals surface area contributed by atoms with Crippen LogP contribution in [0.5, 0.6) is 0 Å². The maximum absolute atomic E-state index is 12.9. The number of nitrogen functional groups attached to an aromatic ring is 1. The van der Waals surface area contributed by atoms with Crippen molar-refractivity contribution in [1.82, 2.24) is 19.7 Å². The Hall–Kier alpha value is -2.90. The van der Waals surface area contributed by atoms with Crippen molar-refractivity contribution in [2.45, 2.75) is 32.7 Å². The van der Waals surface area contributed by atoms with Crippen LogP contribution in [0.15, 0.2) is 24.5 Å². The molecule has 1 aliphatic rings. The number of nitrogens with two attached hydrogens (primary N) is 1. The van der Waals surface area contributed by atoms with Gasteiger partial charge in [-0.2, -0.15) is 5.10 Å². The van der Waals surface area contributed by atoms with Gasteiger partial charge in [-0.05, 0) is 43.4 Å². The van der Waals surface area contributed by atoms with E-state index in [0.29, 0.717) is 24.0 Å². The molecular formula is C18H24N6O2. The van der Waals surface area contributed by atoms with Crippen LogP contribution in [0.3, 0.4) is 0 Å². The maximum Gasteiger partial charge on any atom is 0.313 e. The van der Waals surface area contributed by atoms with E-state index < -0.39 is 11.8 Å². The van der Waals surface area contributed by atoms with Crippen LogP contribution in [0.25, 0.3) is 0 Å². The van der Waals surface area contributed by atoms with Gasteiger partial charge < -0.3 is 16.0 Å². The van der Waals surface area contributed by atoms with E-state index in [1.807, 2.05) is 13.1 Å². The number of carbonyl (C=O) groups excluding carboxylic acids is 2. The van der Waals surface area contributed by atoms with Crippen LogP contribution in [0, 0.1) is 12.8 Å². The molecule has 1 aliphatic heterocycles. The molecule has 0 spiro atoms. The fourth-order valence-electron chi connectivity index (χ4n) is 3.36. The van der Waals surface area contributed by atoms with Gasteiger partial charge >= 0.3 is 11.8 Å². The minimum absolute atomic E-state index is 0.150. The molecule has 3 heterocycles. The smallest absolute Gasteiger partial charge is 0.313 e. The summed E-state index contributed by atoms with van der Waals surface area (Å²) in [7, 11) is 1.85. The molecule has 8 nitrogen and oxygen atoms in total. The first kappa shape index (κ1) is 17.9. The van der Waals surface area contributed by atoms with Gasteiger partial charge in [-0.1, -0.05) is 6.92 Å². The van der Waals surface area contributed by atoms with E-state index in [9.17, 15) is 9.59 Å². The van der Waals surface area contributed by atoms with Crippen LogP contribution in [0.2, 0.25) is 0 Å². The minimum Gasteiger partial charge on any atom is -0.383 e. The number of nitrogens with one attached hydrogen (secondary N) is 1. The average molecular weight is 356 g/mol. The lowest BCUT2D eigenvalue weighted by atomic mass is 9.92. The zero-order valence-electron chi connectivity index (χ0n) is 15.3. The van der Waals surface area contributed by atoms with Crippen molar-refractivity contribution in [2.75, 3.05) is 17.6 Å². The van der Waals surface area contributed by atoms with Crippen molar-refractivity contribution in [3.63, 3.8) is 0 Å². The number of aryl methyl sites for hydroxylation is 2. The Labute approximate surface area is 152 Å². The number of rotatable bonds is 2. The minimum atomic E-state index is -0.669. The van der Waals surface area contributed by atoms with Crippen molar-refractivity contribution in [2.24, 2.45) is 13.0 Å². The monoisotopic (exact) mass is 356 g/mol. The third kappa shape index (κ3) is 3.54. The van der Waals surface area contributed by atoms with Gasteiger partial charge in [-0.3, -0.25) is 14.3 Å². The lowest BCUT2D eigenvalue weighted by Gasteiger charge is -2.38. The van der Waals surface area contributed by atoms with Gasteiger partial charge in [0.25, 0.3) is 0 Å². The van der Waals surface area contributed by atoms with E-state index in [2.05, 4.69) is 22.3 Å².